The second kappa shape index (κ2) is 4.59. The number of aldehydes is 1. The molecule has 17 heavy (non-hydrogen) atoms. The molecule has 1 aromatic heterocycles. The Hall–Kier alpha value is -1.81. The number of benzene rings is 1. The first-order valence-electron chi connectivity index (χ1n) is 4.68. The number of nitrogens with zero attached hydrogens (tertiary/aromatic N) is 1. The highest BCUT2D eigenvalue weighted by Crippen LogP contribution is 2.26. The molecule has 0 saturated carbocycles. The lowest BCUT2D eigenvalue weighted by Gasteiger charge is -2.05. The van der Waals surface area contributed by atoms with Crippen LogP contribution in [0.25, 0.3) is 11.1 Å². The van der Waals surface area contributed by atoms with Gasteiger partial charge in [-0.1, -0.05) is 23.7 Å². The maximum Gasteiger partial charge on any atom is 0.169 e. The molecule has 0 amide bonds. The maximum absolute atomic E-state index is 13.5. The normalized spacial score (nSPS) is 10.3. The van der Waals surface area contributed by atoms with Gasteiger partial charge in [0, 0.05) is 17.3 Å². The number of hydrogen-bond donors (Lipinski definition) is 0. The first-order valence-corrected chi connectivity index (χ1v) is 5.06. The van der Waals surface area contributed by atoms with Gasteiger partial charge >= 0.3 is 0 Å². The molecule has 86 valence electrons. The van der Waals surface area contributed by atoms with Gasteiger partial charge in [0.15, 0.2) is 17.9 Å². The average molecular weight is 254 g/mol. The zero-order valence-electron chi connectivity index (χ0n) is 8.45. The van der Waals surface area contributed by atoms with Gasteiger partial charge < -0.3 is 0 Å². The predicted molar refractivity (Wildman–Crippen MR) is 60.0 cm³/mol. The molecular weight excluding hydrogens is 248 g/mol. The van der Waals surface area contributed by atoms with E-state index >= 15 is 0 Å². The average Bonchev–Trinajstić information content (AvgIpc) is 2.32. The van der Waals surface area contributed by atoms with Crippen molar-refractivity contribution < 1.29 is 13.6 Å². The van der Waals surface area contributed by atoms with Crippen molar-refractivity contribution in [2.45, 2.75) is 0 Å². The summed E-state index contributed by atoms with van der Waals surface area (Å²) >= 11 is 5.76. The van der Waals surface area contributed by atoms with Crippen LogP contribution >= 0.6 is 11.6 Å². The number of carbonyl (C=O) groups excluding carboxylic acids is 1. The molecule has 2 nitrogen and oxygen atoms in total. The van der Waals surface area contributed by atoms with Crippen molar-refractivity contribution in [2.24, 2.45) is 0 Å². The van der Waals surface area contributed by atoms with Crippen LogP contribution in [0.5, 0.6) is 0 Å². The van der Waals surface area contributed by atoms with Crippen LogP contribution in [0.4, 0.5) is 8.78 Å². The minimum Gasteiger partial charge on any atom is -0.296 e. The van der Waals surface area contributed by atoms with Gasteiger partial charge in [0.25, 0.3) is 0 Å². The lowest BCUT2D eigenvalue weighted by molar-refractivity contribution is 0.111. The van der Waals surface area contributed by atoms with Gasteiger partial charge in [-0.2, -0.15) is 0 Å². The van der Waals surface area contributed by atoms with Crippen molar-refractivity contribution in [3.63, 3.8) is 0 Å². The van der Waals surface area contributed by atoms with Crippen molar-refractivity contribution >= 4 is 17.9 Å². The molecule has 0 aliphatic rings. The van der Waals surface area contributed by atoms with E-state index in [0.717, 1.165) is 6.07 Å². The lowest BCUT2D eigenvalue weighted by atomic mass is 10.1. The summed E-state index contributed by atoms with van der Waals surface area (Å²) in [5, 5.41) is 0.0983. The largest absolute Gasteiger partial charge is 0.296 e. The lowest BCUT2D eigenvalue weighted by Crippen LogP contribution is -1.93. The Morgan fingerprint density at radius 3 is 2.71 bits per heavy atom. The summed E-state index contributed by atoms with van der Waals surface area (Å²) in [6.07, 6.45) is 1.77. The van der Waals surface area contributed by atoms with Gasteiger partial charge in [0.1, 0.15) is 5.69 Å². The fourth-order valence-electron chi connectivity index (χ4n) is 1.41. The number of carbonyl (C=O) groups is 1. The highest BCUT2D eigenvalue weighted by atomic mass is 35.5. The van der Waals surface area contributed by atoms with Gasteiger partial charge in [-0.05, 0) is 12.1 Å². The molecule has 0 fully saturated rings. The Balaban J connectivity index is 2.57. The summed E-state index contributed by atoms with van der Waals surface area (Å²) in [6.45, 7) is 0. The molecular formula is C12H6ClF2NO. The molecule has 0 radical (unpaired) electrons. The molecule has 0 bridgehead atoms. The summed E-state index contributed by atoms with van der Waals surface area (Å²) in [5.41, 5.74) is 0.432. The second-order valence-electron chi connectivity index (χ2n) is 3.31. The molecule has 0 aliphatic heterocycles. The Kier molecular flexibility index (Phi) is 3.15. The SMILES string of the molecule is O=Cc1ncc(-c2cccc(F)c2F)cc1Cl. The Morgan fingerprint density at radius 1 is 1.29 bits per heavy atom. The predicted octanol–water partition coefficient (Wildman–Crippen LogP) is 3.49. The van der Waals surface area contributed by atoms with Crippen molar-refractivity contribution in [2.75, 3.05) is 0 Å². The molecule has 0 atom stereocenters. The van der Waals surface area contributed by atoms with Crippen LogP contribution in [0.15, 0.2) is 30.5 Å². The van der Waals surface area contributed by atoms with Crippen LogP contribution in [-0.2, 0) is 0 Å². The Bertz CT molecular complexity index is 587. The number of rotatable bonds is 2. The van der Waals surface area contributed by atoms with Crippen LogP contribution in [0.1, 0.15) is 10.5 Å². The molecule has 0 saturated heterocycles. The van der Waals surface area contributed by atoms with Crippen LogP contribution in [-0.4, -0.2) is 11.3 Å². The van der Waals surface area contributed by atoms with Crippen LogP contribution in [0.3, 0.4) is 0 Å². The van der Waals surface area contributed by atoms with Gasteiger partial charge in [0.05, 0.1) is 5.02 Å². The van der Waals surface area contributed by atoms with Crippen molar-refractivity contribution in [3.8, 4) is 11.1 Å². The summed E-state index contributed by atoms with van der Waals surface area (Å²) in [7, 11) is 0. The van der Waals surface area contributed by atoms with Crippen LogP contribution in [0, 0.1) is 11.6 Å². The summed E-state index contributed by atoms with van der Waals surface area (Å²) in [6, 6.07) is 5.19. The highest BCUT2D eigenvalue weighted by Gasteiger charge is 2.11. The molecule has 2 rings (SSSR count). The van der Waals surface area contributed by atoms with Gasteiger partial charge in [-0.25, -0.2) is 8.78 Å². The third kappa shape index (κ3) is 2.17. The van der Waals surface area contributed by atoms with E-state index in [2.05, 4.69) is 4.98 Å². The molecule has 1 aromatic carbocycles. The Labute approximate surface area is 101 Å². The van der Waals surface area contributed by atoms with Crippen molar-refractivity contribution in [3.05, 3.63) is 52.8 Å². The van der Waals surface area contributed by atoms with E-state index in [4.69, 9.17) is 11.6 Å². The molecule has 0 unspecified atom stereocenters. The second-order valence-corrected chi connectivity index (χ2v) is 3.72. The molecule has 2 aromatic rings. The first-order chi connectivity index (χ1) is 8.13. The van der Waals surface area contributed by atoms with Crippen molar-refractivity contribution in [1.29, 1.82) is 0 Å². The minimum atomic E-state index is -0.968. The van der Waals surface area contributed by atoms with E-state index in [-0.39, 0.29) is 16.3 Å². The smallest absolute Gasteiger partial charge is 0.169 e. The number of hydrogen-bond acceptors (Lipinski definition) is 2. The van der Waals surface area contributed by atoms with Crippen molar-refractivity contribution in [1.82, 2.24) is 4.98 Å². The van der Waals surface area contributed by atoms with E-state index in [0.29, 0.717) is 11.8 Å². The van der Waals surface area contributed by atoms with Gasteiger partial charge in [-0.15, -0.1) is 0 Å². The maximum atomic E-state index is 13.5. The fraction of sp³-hybridized carbons (Fsp3) is 0. The third-order valence-corrected chi connectivity index (χ3v) is 2.55. The van der Waals surface area contributed by atoms with Crippen LogP contribution in [0.2, 0.25) is 5.02 Å². The number of aromatic nitrogens is 1. The number of pyridine rings is 1. The molecule has 1 heterocycles. The van der Waals surface area contributed by atoms with E-state index in [9.17, 15) is 13.6 Å². The van der Waals surface area contributed by atoms with E-state index in [1.54, 1.807) is 0 Å². The molecule has 0 aliphatic carbocycles. The van der Waals surface area contributed by atoms with E-state index < -0.39 is 11.6 Å². The highest BCUT2D eigenvalue weighted by molar-refractivity contribution is 6.32. The topological polar surface area (TPSA) is 30.0 Å². The quantitative estimate of drug-likeness (QED) is 0.767. The standard InChI is InChI=1S/C12H6ClF2NO/c13-9-4-7(5-16-11(9)6-17)8-2-1-3-10(14)12(8)15/h1-6H. The van der Waals surface area contributed by atoms with E-state index in [1.165, 1.54) is 24.4 Å². The van der Waals surface area contributed by atoms with E-state index in [1.807, 2.05) is 0 Å². The zero-order chi connectivity index (χ0) is 12.4. The van der Waals surface area contributed by atoms with Gasteiger partial charge in [-0.3, -0.25) is 9.78 Å². The Morgan fingerprint density at radius 2 is 2.06 bits per heavy atom. The minimum absolute atomic E-state index is 0.0526. The molecule has 0 spiro atoms. The summed E-state index contributed by atoms with van der Waals surface area (Å²) < 4.78 is 26.5. The number of halogens is 3. The molecule has 0 N–H and O–H groups in total. The van der Waals surface area contributed by atoms with Crippen LogP contribution < -0.4 is 0 Å². The first kappa shape index (κ1) is 11.7. The zero-order valence-corrected chi connectivity index (χ0v) is 9.21. The molecule has 5 heteroatoms. The monoisotopic (exact) mass is 253 g/mol. The summed E-state index contributed by atoms with van der Waals surface area (Å²) in [5.74, 6) is -1.91. The summed E-state index contributed by atoms with van der Waals surface area (Å²) in [4.78, 5) is 14.3. The van der Waals surface area contributed by atoms with Gasteiger partial charge in [0.2, 0.25) is 0 Å². The third-order valence-electron chi connectivity index (χ3n) is 2.24. The fourth-order valence-corrected chi connectivity index (χ4v) is 1.62.